The van der Waals surface area contributed by atoms with Crippen molar-refractivity contribution in [1.29, 1.82) is 0 Å². The maximum absolute atomic E-state index is 4.44. The third-order valence-corrected chi connectivity index (χ3v) is 4.84. The molecule has 4 nitrogen and oxygen atoms in total. The van der Waals surface area contributed by atoms with Gasteiger partial charge in [-0.25, -0.2) is 0 Å². The van der Waals surface area contributed by atoms with Crippen LogP contribution in [0.15, 0.2) is 17.3 Å². The van der Waals surface area contributed by atoms with Crippen molar-refractivity contribution in [3.8, 4) is 0 Å². The fourth-order valence-electron chi connectivity index (χ4n) is 2.34. The van der Waals surface area contributed by atoms with Crippen LogP contribution in [0, 0.1) is 0 Å². The fraction of sp³-hybridized carbons (Fsp3) is 0.733. The molecule has 0 saturated heterocycles. The van der Waals surface area contributed by atoms with Crippen LogP contribution in [-0.4, -0.2) is 33.6 Å². The molecule has 3 rings (SSSR count). The van der Waals surface area contributed by atoms with E-state index in [0.717, 1.165) is 24.0 Å². The topological polar surface area (TPSA) is 42.7 Å². The minimum absolute atomic E-state index is 0.676. The summed E-state index contributed by atoms with van der Waals surface area (Å²) in [5, 5.41) is 13.4. The lowest BCUT2D eigenvalue weighted by Crippen LogP contribution is -2.18. The van der Waals surface area contributed by atoms with Crippen molar-refractivity contribution in [2.24, 2.45) is 0 Å². The van der Waals surface area contributed by atoms with Gasteiger partial charge >= 0.3 is 0 Å². The highest BCUT2D eigenvalue weighted by Crippen LogP contribution is 2.46. The summed E-state index contributed by atoms with van der Waals surface area (Å²) in [6.45, 7) is 8.30. The Kier molecular flexibility index (Phi) is 4.46. The molecule has 0 aliphatic heterocycles. The summed E-state index contributed by atoms with van der Waals surface area (Å²) in [4.78, 5) is 0. The van der Waals surface area contributed by atoms with Gasteiger partial charge in [0.15, 0.2) is 5.16 Å². The second-order valence-corrected chi connectivity index (χ2v) is 6.87. The van der Waals surface area contributed by atoms with Crippen LogP contribution in [0.5, 0.6) is 0 Å². The van der Waals surface area contributed by atoms with Crippen molar-refractivity contribution in [1.82, 2.24) is 20.1 Å². The molecule has 0 aromatic carbocycles. The molecule has 1 heterocycles. The Morgan fingerprint density at radius 1 is 1.35 bits per heavy atom. The average Bonchev–Trinajstić information content (AvgIpc) is 3.35. The second-order valence-electron chi connectivity index (χ2n) is 5.93. The van der Waals surface area contributed by atoms with Crippen LogP contribution in [0.1, 0.15) is 56.8 Å². The molecule has 0 spiro atoms. The second kappa shape index (κ2) is 6.31. The first-order valence-corrected chi connectivity index (χ1v) is 8.73. The zero-order valence-corrected chi connectivity index (χ0v) is 13.1. The van der Waals surface area contributed by atoms with E-state index in [1.165, 1.54) is 43.5 Å². The van der Waals surface area contributed by atoms with Gasteiger partial charge in [0.2, 0.25) is 0 Å². The van der Waals surface area contributed by atoms with Crippen molar-refractivity contribution in [2.75, 3.05) is 18.8 Å². The van der Waals surface area contributed by atoms with E-state index in [1.54, 1.807) is 11.8 Å². The molecular formula is C15H24N4S. The van der Waals surface area contributed by atoms with Crippen LogP contribution in [0.2, 0.25) is 0 Å². The predicted molar refractivity (Wildman–Crippen MR) is 83.3 cm³/mol. The highest BCUT2D eigenvalue weighted by Gasteiger charge is 2.36. The normalized spacial score (nSPS) is 18.4. The highest BCUT2D eigenvalue weighted by molar-refractivity contribution is 7.99. The Morgan fingerprint density at radius 2 is 2.15 bits per heavy atom. The Morgan fingerprint density at radius 3 is 2.80 bits per heavy atom. The lowest BCUT2D eigenvalue weighted by Gasteiger charge is -2.09. The molecule has 0 radical (unpaired) electrons. The smallest absolute Gasteiger partial charge is 0.191 e. The molecular weight excluding hydrogens is 268 g/mol. The van der Waals surface area contributed by atoms with Gasteiger partial charge in [-0.05, 0) is 38.6 Å². The van der Waals surface area contributed by atoms with Crippen molar-refractivity contribution < 1.29 is 0 Å². The van der Waals surface area contributed by atoms with Gasteiger partial charge < -0.3 is 9.88 Å². The summed E-state index contributed by atoms with van der Waals surface area (Å²) in [7, 11) is 0. The molecule has 0 unspecified atom stereocenters. The van der Waals surface area contributed by atoms with E-state index in [9.17, 15) is 0 Å². The van der Waals surface area contributed by atoms with Crippen LogP contribution in [0.25, 0.3) is 0 Å². The maximum Gasteiger partial charge on any atom is 0.191 e. The van der Waals surface area contributed by atoms with E-state index >= 15 is 0 Å². The highest BCUT2D eigenvalue weighted by atomic mass is 32.2. The van der Waals surface area contributed by atoms with Crippen molar-refractivity contribution >= 4 is 11.8 Å². The van der Waals surface area contributed by atoms with Gasteiger partial charge in [-0.15, -0.1) is 10.2 Å². The van der Waals surface area contributed by atoms with E-state index in [4.69, 9.17) is 0 Å². The SMILES string of the molecule is C=C(CNCCC)CSc1nnc(C2CC2)n1C1CC1. The van der Waals surface area contributed by atoms with Gasteiger partial charge in [-0.2, -0.15) is 0 Å². The fourth-order valence-corrected chi connectivity index (χ4v) is 3.26. The number of nitrogens with zero attached hydrogens (tertiary/aromatic N) is 3. The maximum atomic E-state index is 4.44. The first kappa shape index (κ1) is 14.1. The minimum Gasteiger partial charge on any atom is -0.313 e. The molecule has 2 aliphatic carbocycles. The van der Waals surface area contributed by atoms with Gasteiger partial charge in [0.05, 0.1) is 0 Å². The molecule has 1 aromatic heterocycles. The number of hydrogen-bond acceptors (Lipinski definition) is 4. The summed E-state index contributed by atoms with van der Waals surface area (Å²) >= 11 is 1.80. The standard InChI is InChI=1S/C15H24N4S/c1-3-8-16-9-11(2)10-20-15-18-17-14(12-4-5-12)19(15)13-6-7-13/h12-13,16H,2-10H2,1H3. The molecule has 2 fully saturated rings. The lowest BCUT2D eigenvalue weighted by molar-refractivity contribution is 0.627. The summed E-state index contributed by atoms with van der Waals surface area (Å²) < 4.78 is 2.41. The van der Waals surface area contributed by atoms with Gasteiger partial charge in [0, 0.05) is 24.3 Å². The average molecular weight is 292 g/mol. The van der Waals surface area contributed by atoms with Crippen LogP contribution in [0.3, 0.4) is 0 Å². The quantitative estimate of drug-likeness (QED) is 0.431. The van der Waals surface area contributed by atoms with Crippen LogP contribution < -0.4 is 5.32 Å². The summed E-state index contributed by atoms with van der Waals surface area (Å²) in [6.07, 6.45) is 6.35. The largest absolute Gasteiger partial charge is 0.313 e. The molecule has 1 N–H and O–H groups in total. The van der Waals surface area contributed by atoms with Gasteiger partial charge in [-0.1, -0.05) is 30.8 Å². The monoisotopic (exact) mass is 292 g/mol. The van der Waals surface area contributed by atoms with Crippen molar-refractivity contribution in [3.63, 3.8) is 0 Å². The molecule has 2 aliphatic rings. The molecule has 5 heteroatoms. The van der Waals surface area contributed by atoms with Crippen molar-refractivity contribution in [3.05, 3.63) is 18.0 Å². The third-order valence-electron chi connectivity index (χ3n) is 3.75. The Bertz CT molecular complexity index is 474. The molecule has 0 atom stereocenters. The number of nitrogens with one attached hydrogen (secondary N) is 1. The van der Waals surface area contributed by atoms with Gasteiger partial charge in [0.1, 0.15) is 5.82 Å². The minimum atomic E-state index is 0.676. The van der Waals surface area contributed by atoms with Gasteiger partial charge in [0.25, 0.3) is 0 Å². The zero-order chi connectivity index (χ0) is 13.9. The molecule has 0 bridgehead atoms. The molecule has 1 aromatic rings. The van der Waals surface area contributed by atoms with E-state index in [-0.39, 0.29) is 0 Å². The molecule has 2 saturated carbocycles. The first-order chi connectivity index (χ1) is 9.79. The van der Waals surface area contributed by atoms with Crippen LogP contribution >= 0.6 is 11.8 Å². The Hall–Kier alpha value is -0.810. The zero-order valence-electron chi connectivity index (χ0n) is 12.3. The lowest BCUT2D eigenvalue weighted by atomic mass is 10.3. The number of thioether (sulfide) groups is 1. The van der Waals surface area contributed by atoms with E-state index in [1.807, 2.05) is 0 Å². The van der Waals surface area contributed by atoms with Gasteiger partial charge in [-0.3, -0.25) is 0 Å². The van der Waals surface area contributed by atoms with Crippen LogP contribution in [-0.2, 0) is 0 Å². The first-order valence-electron chi connectivity index (χ1n) is 7.74. The molecule has 110 valence electrons. The third kappa shape index (κ3) is 3.44. The summed E-state index contributed by atoms with van der Waals surface area (Å²) in [6, 6.07) is 0.676. The molecule has 20 heavy (non-hydrogen) atoms. The summed E-state index contributed by atoms with van der Waals surface area (Å²) in [5.74, 6) is 2.86. The number of rotatable bonds is 9. The predicted octanol–water partition coefficient (Wildman–Crippen LogP) is 3.14. The number of aromatic nitrogens is 3. The summed E-state index contributed by atoms with van der Waals surface area (Å²) in [5.41, 5.74) is 1.24. The Labute approximate surface area is 125 Å². The number of hydrogen-bond donors (Lipinski definition) is 1. The Balaban J connectivity index is 1.56. The van der Waals surface area contributed by atoms with Crippen LogP contribution in [0.4, 0.5) is 0 Å². The van der Waals surface area contributed by atoms with Crippen molar-refractivity contribution in [2.45, 2.75) is 56.1 Å². The van der Waals surface area contributed by atoms with E-state index < -0.39 is 0 Å². The van der Waals surface area contributed by atoms with E-state index in [0.29, 0.717) is 12.0 Å². The molecule has 0 amide bonds. The van der Waals surface area contributed by atoms with E-state index in [2.05, 4.69) is 33.6 Å².